The van der Waals surface area contributed by atoms with Crippen molar-refractivity contribution in [1.82, 2.24) is 9.62 Å². The lowest BCUT2D eigenvalue weighted by atomic mass is 9.96. The molecule has 0 radical (unpaired) electrons. The van der Waals surface area contributed by atoms with Crippen molar-refractivity contribution >= 4 is 21.7 Å². The molecule has 20 heavy (non-hydrogen) atoms. The molecule has 1 fully saturated rings. The van der Waals surface area contributed by atoms with Crippen LogP contribution in [0.2, 0.25) is 0 Å². The van der Waals surface area contributed by atoms with Gasteiger partial charge < -0.3 is 5.32 Å². The van der Waals surface area contributed by atoms with Crippen LogP contribution in [0.25, 0.3) is 0 Å². The van der Waals surface area contributed by atoms with Crippen LogP contribution in [0, 0.1) is 0 Å². The summed E-state index contributed by atoms with van der Waals surface area (Å²) >= 11 is 0. The number of hydrogen-bond acceptors (Lipinski definition) is 4. The van der Waals surface area contributed by atoms with Gasteiger partial charge in [0.2, 0.25) is 5.96 Å². The van der Waals surface area contributed by atoms with Crippen LogP contribution in [0.15, 0.2) is 34.2 Å². The smallest absolute Gasteiger partial charge is 0.268 e. The highest BCUT2D eigenvalue weighted by molar-refractivity contribution is 7.89. The van der Waals surface area contributed by atoms with Gasteiger partial charge in [-0.3, -0.25) is 0 Å². The van der Waals surface area contributed by atoms with Crippen molar-refractivity contribution in [3.8, 4) is 0 Å². The third-order valence-corrected chi connectivity index (χ3v) is 5.76. The molecule has 1 heterocycles. The third kappa shape index (κ3) is 2.28. The van der Waals surface area contributed by atoms with E-state index in [4.69, 9.17) is 0 Å². The highest BCUT2D eigenvalue weighted by Gasteiger charge is 2.32. The number of rotatable bonds is 1. The molecular formula is C14H19N3O2S. The molecule has 1 aromatic rings. The first-order valence-electron chi connectivity index (χ1n) is 7.02. The Morgan fingerprint density at radius 1 is 1.20 bits per heavy atom. The van der Waals surface area contributed by atoms with Crippen LogP contribution < -0.4 is 5.32 Å². The van der Waals surface area contributed by atoms with Crippen LogP contribution in [-0.4, -0.2) is 31.8 Å². The molecule has 0 amide bonds. The molecule has 108 valence electrons. The fourth-order valence-electron chi connectivity index (χ4n) is 2.77. The van der Waals surface area contributed by atoms with Gasteiger partial charge in [-0.15, -0.1) is 0 Å². The normalized spacial score (nSPS) is 22.1. The third-order valence-electron chi connectivity index (χ3n) is 3.97. The topological polar surface area (TPSA) is 61.8 Å². The number of para-hydroxylation sites is 1. The number of aliphatic imine (C=N–C) groups is 1. The van der Waals surface area contributed by atoms with E-state index in [1.807, 2.05) is 0 Å². The Kier molecular flexibility index (Phi) is 3.41. The lowest BCUT2D eigenvalue weighted by Gasteiger charge is -2.31. The maximum Gasteiger partial charge on any atom is 0.268 e. The lowest BCUT2D eigenvalue weighted by Crippen LogP contribution is -2.48. The van der Waals surface area contributed by atoms with E-state index in [0.717, 1.165) is 12.8 Å². The van der Waals surface area contributed by atoms with Crippen LogP contribution in [-0.2, 0) is 10.0 Å². The minimum Gasteiger partial charge on any atom is -0.352 e. The van der Waals surface area contributed by atoms with Crippen molar-refractivity contribution in [3.05, 3.63) is 24.3 Å². The number of hydrogen-bond donors (Lipinski definition) is 1. The molecule has 1 aliphatic carbocycles. The largest absolute Gasteiger partial charge is 0.352 e. The molecule has 1 aliphatic heterocycles. The lowest BCUT2D eigenvalue weighted by molar-refractivity contribution is 0.404. The van der Waals surface area contributed by atoms with E-state index in [0.29, 0.717) is 17.7 Å². The summed E-state index contributed by atoms with van der Waals surface area (Å²) in [4.78, 5) is 4.74. The van der Waals surface area contributed by atoms with Crippen molar-refractivity contribution < 1.29 is 8.42 Å². The fraction of sp³-hybridized carbons (Fsp3) is 0.500. The minimum atomic E-state index is -3.48. The maximum atomic E-state index is 12.5. The summed E-state index contributed by atoms with van der Waals surface area (Å²) in [6.07, 6.45) is 5.81. The number of benzene rings is 1. The Balaban J connectivity index is 1.93. The van der Waals surface area contributed by atoms with Gasteiger partial charge in [0.15, 0.2) is 0 Å². The van der Waals surface area contributed by atoms with Gasteiger partial charge in [0, 0.05) is 13.1 Å². The Morgan fingerprint density at radius 3 is 2.65 bits per heavy atom. The fourth-order valence-corrected chi connectivity index (χ4v) is 4.01. The molecule has 0 aromatic heterocycles. The van der Waals surface area contributed by atoms with Crippen molar-refractivity contribution in [2.45, 2.75) is 43.0 Å². The van der Waals surface area contributed by atoms with Crippen molar-refractivity contribution in [2.75, 3.05) is 7.05 Å². The van der Waals surface area contributed by atoms with Gasteiger partial charge >= 0.3 is 0 Å². The number of nitrogens with zero attached hydrogens (tertiary/aromatic N) is 2. The average Bonchev–Trinajstić information content (AvgIpc) is 2.46. The van der Waals surface area contributed by atoms with E-state index in [2.05, 4.69) is 10.3 Å². The average molecular weight is 293 g/mol. The van der Waals surface area contributed by atoms with Crippen LogP contribution in [0.5, 0.6) is 0 Å². The summed E-state index contributed by atoms with van der Waals surface area (Å²) in [6.45, 7) is 0. The van der Waals surface area contributed by atoms with E-state index >= 15 is 0 Å². The molecule has 3 rings (SSSR count). The maximum absolute atomic E-state index is 12.5. The van der Waals surface area contributed by atoms with Gasteiger partial charge in [0.05, 0.1) is 5.69 Å². The second kappa shape index (κ2) is 5.09. The van der Waals surface area contributed by atoms with E-state index < -0.39 is 10.0 Å². The van der Waals surface area contributed by atoms with Gasteiger partial charge in [-0.25, -0.2) is 17.7 Å². The second-order valence-corrected chi connectivity index (χ2v) is 7.29. The van der Waals surface area contributed by atoms with Gasteiger partial charge in [0.25, 0.3) is 10.0 Å². The number of guanidine groups is 1. The highest BCUT2D eigenvalue weighted by atomic mass is 32.2. The van der Waals surface area contributed by atoms with Gasteiger partial charge in [-0.2, -0.15) is 0 Å². The summed E-state index contributed by atoms with van der Waals surface area (Å²) in [5.74, 6) is 0.440. The Hall–Kier alpha value is -1.56. The molecule has 0 spiro atoms. The van der Waals surface area contributed by atoms with E-state index in [-0.39, 0.29) is 4.90 Å². The first kappa shape index (κ1) is 13.4. The Morgan fingerprint density at radius 2 is 1.90 bits per heavy atom. The molecule has 1 aromatic carbocycles. The molecular weight excluding hydrogens is 274 g/mol. The summed E-state index contributed by atoms with van der Waals surface area (Å²) < 4.78 is 26.2. The Labute approximate surface area is 119 Å². The molecule has 1 saturated carbocycles. The zero-order valence-electron chi connectivity index (χ0n) is 11.5. The molecule has 0 saturated heterocycles. The Bertz CT molecular complexity index is 634. The van der Waals surface area contributed by atoms with Crippen LogP contribution in [0.4, 0.5) is 5.69 Å². The van der Waals surface area contributed by atoms with E-state index in [9.17, 15) is 8.42 Å². The van der Waals surface area contributed by atoms with Crippen LogP contribution in [0.1, 0.15) is 32.1 Å². The molecule has 6 heteroatoms. The van der Waals surface area contributed by atoms with Gasteiger partial charge in [0.1, 0.15) is 4.90 Å². The van der Waals surface area contributed by atoms with E-state index in [1.165, 1.54) is 23.6 Å². The zero-order chi connectivity index (χ0) is 14.2. The standard InChI is InChI=1S/C14H19N3O2S/c1-17-14(15-11-7-3-2-4-8-11)16-12-9-5-6-10-13(12)20(17,18)19/h5-6,9-11H,2-4,7-8H2,1H3,(H,15,16). The molecule has 2 aliphatic rings. The predicted octanol–water partition coefficient (Wildman–Crippen LogP) is 2.23. The predicted molar refractivity (Wildman–Crippen MR) is 78.5 cm³/mol. The molecule has 5 nitrogen and oxygen atoms in total. The molecule has 1 N–H and O–H groups in total. The summed E-state index contributed by atoms with van der Waals surface area (Å²) in [7, 11) is -1.93. The molecule has 0 atom stereocenters. The zero-order valence-corrected chi connectivity index (χ0v) is 12.4. The van der Waals surface area contributed by atoms with Crippen LogP contribution >= 0.6 is 0 Å². The first-order valence-corrected chi connectivity index (χ1v) is 8.46. The van der Waals surface area contributed by atoms with Gasteiger partial charge in [-0.05, 0) is 25.0 Å². The number of nitrogens with one attached hydrogen (secondary N) is 1. The van der Waals surface area contributed by atoms with Crippen molar-refractivity contribution in [2.24, 2.45) is 4.99 Å². The SMILES string of the molecule is CN1C(NC2CCCCC2)=Nc2ccccc2S1(=O)=O. The van der Waals surface area contributed by atoms with Crippen molar-refractivity contribution in [1.29, 1.82) is 0 Å². The molecule has 0 bridgehead atoms. The molecule has 0 unspecified atom stereocenters. The first-order chi connectivity index (χ1) is 9.59. The quantitative estimate of drug-likeness (QED) is 0.863. The summed E-state index contributed by atoms with van der Waals surface area (Å²) in [6, 6.07) is 7.19. The minimum absolute atomic E-state index is 0.275. The summed E-state index contributed by atoms with van der Waals surface area (Å²) in [5.41, 5.74) is 0.518. The van der Waals surface area contributed by atoms with E-state index in [1.54, 1.807) is 31.3 Å². The van der Waals surface area contributed by atoms with Crippen molar-refractivity contribution in [3.63, 3.8) is 0 Å². The summed E-state index contributed by atoms with van der Waals surface area (Å²) in [5, 5.41) is 3.30. The highest BCUT2D eigenvalue weighted by Crippen LogP contribution is 2.31. The monoisotopic (exact) mass is 293 g/mol. The number of fused-ring (bicyclic) bond motifs is 1. The van der Waals surface area contributed by atoms with Crippen LogP contribution in [0.3, 0.4) is 0 Å². The van der Waals surface area contributed by atoms with Gasteiger partial charge in [-0.1, -0.05) is 31.4 Å². The number of sulfonamides is 1. The second-order valence-electron chi connectivity index (χ2n) is 5.35.